The molecule has 0 aliphatic heterocycles. The summed E-state index contributed by atoms with van der Waals surface area (Å²) < 4.78 is 24.6. The summed E-state index contributed by atoms with van der Waals surface area (Å²) in [4.78, 5) is 0. The summed E-state index contributed by atoms with van der Waals surface area (Å²) in [6, 6.07) is 3.56. The van der Waals surface area contributed by atoms with Gasteiger partial charge in [-0.05, 0) is 0 Å². The molecule has 0 aliphatic carbocycles. The van der Waals surface area contributed by atoms with E-state index in [1.165, 1.54) is 0 Å². The van der Waals surface area contributed by atoms with Crippen LogP contribution in [0, 0.1) is 22.7 Å². The average molecular weight is 219 g/mol. The van der Waals surface area contributed by atoms with E-state index in [-0.39, 0.29) is 26.1 Å². The molecule has 0 unspecified atom stereocenters. The van der Waals surface area contributed by atoms with Crippen molar-refractivity contribution in [1.82, 2.24) is 0 Å². The third-order valence-electron chi connectivity index (χ3n) is 1.06. The van der Waals surface area contributed by atoms with Gasteiger partial charge in [0.15, 0.2) is 0 Å². The number of hydrogen-bond donors (Lipinski definition) is 1. The van der Waals surface area contributed by atoms with Gasteiger partial charge in [0.05, 0.1) is 38.2 Å². The van der Waals surface area contributed by atoms with Crippen LogP contribution in [-0.2, 0) is 18.2 Å². The molecule has 0 atom stereocenters. The molecular weight excluding hydrogens is 209 g/mol. The van der Waals surface area contributed by atoms with E-state index in [4.69, 9.17) is 16.4 Å². The van der Waals surface area contributed by atoms with Crippen LogP contribution in [-0.4, -0.2) is 13.2 Å². The second-order valence-corrected chi connectivity index (χ2v) is 3.66. The Morgan fingerprint density at radius 2 is 1.57 bits per heavy atom. The molecule has 0 amide bonds. The Morgan fingerprint density at radius 1 is 1.14 bits per heavy atom. The zero-order valence-corrected chi connectivity index (χ0v) is 8.27. The van der Waals surface area contributed by atoms with Crippen molar-refractivity contribution in [3.05, 3.63) is 0 Å². The Kier molecular flexibility index (Phi) is 6.95. The molecule has 7 nitrogen and oxygen atoms in total. The quantitative estimate of drug-likeness (QED) is 0.382. The SMILES string of the molecule is N#CCCOP(=O)(ON)OCCC#N. The smallest absolute Gasteiger partial charge is 0.285 e. The van der Waals surface area contributed by atoms with Gasteiger partial charge in [0.2, 0.25) is 0 Å². The molecule has 0 rings (SSSR count). The number of nitriles is 2. The molecular formula is C6H10N3O4P. The number of nitrogens with zero attached hydrogens (tertiary/aromatic N) is 2. The summed E-state index contributed by atoms with van der Waals surface area (Å²) in [7, 11) is -3.78. The third kappa shape index (κ3) is 5.65. The second kappa shape index (κ2) is 7.45. The lowest BCUT2D eigenvalue weighted by atomic mass is 10.5. The molecule has 8 heteroatoms. The Hall–Kier alpha value is -0.950. The highest BCUT2D eigenvalue weighted by Crippen LogP contribution is 2.47. The van der Waals surface area contributed by atoms with Crippen molar-refractivity contribution in [3.63, 3.8) is 0 Å². The lowest BCUT2D eigenvalue weighted by Gasteiger charge is -2.12. The van der Waals surface area contributed by atoms with Crippen molar-refractivity contribution in [2.24, 2.45) is 5.90 Å². The maximum absolute atomic E-state index is 11.3. The molecule has 0 spiro atoms. The van der Waals surface area contributed by atoms with Crippen LogP contribution < -0.4 is 5.90 Å². The highest BCUT2D eigenvalue weighted by Gasteiger charge is 2.25. The Labute approximate surface area is 81.5 Å². The van der Waals surface area contributed by atoms with Gasteiger partial charge in [-0.15, -0.1) is 0 Å². The van der Waals surface area contributed by atoms with Crippen LogP contribution in [0.5, 0.6) is 0 Å². The third-order valence-corrected chi connectivity index (χ3v) is 2.31. The Morgan fingerprint density at radius 3 is 1.86 bits per heavy atom. The van der Waals surface area contributed by atoms with E-state index >= 15 is 0 Å². The standard InChI is InChI=1S/C6H10N3O4P/c7-3-1-5-11-14(10,13-9)12-6-2-4-8/h1-2,5-6,9H2. The number of phosphoric ester groups is 1. The summed E-state index contributed by atoms with van der Waals surface area (Å²) in [6.45, 7) is -0.199. The Balaban J connectivity index is 3.88. The molecule has 14 heavy (non-hydrogen) atoms. The van der Waals surface area contributed by atoms with Crippen molar-refractivity contribution in [3.8, 4) is 12.1 Å². The summed E-state index contributed by atoms with van der Waals surface area (Å²) >= 11 is 0. The zero-order valence-electron chi connectivity index (χ0n) is 7.38. The first-order valence-electron chi connectivity index (χ1n) is 3.70. The molecule has 0 aromatic heterocycles. The van der Waals surface area contributed by atoms with Crippen LogP contribution in [0.2, 0.25) is 0 Å². The van der Waals surface area contributed by atoms with Crippen LogP contribution in [0.15, 0.2) is 0 Å². The van der Waals surface area contributed by atoms with Gasteiger partial charge in [0.25, 0.3) is 0 Å². The normalized spacial score (nSPS) is 10.5. The first-order chi connectivity index (χ1) is 6.68. The minimum Gasteiger partial charge on any atom is -0.285 e. The minimum atomic E-state index is -3.78. The molecule has 0 radical (unpaired) electrons. The van der Waals surface area contributed by atoms with Gasteiger partial charge in [-0.3, -0.25) is 9.05 Å². The molecule has 0 fully saturated rings. The molecule has 0 aliphatic rings. The van der Waals surface area contributed by atoms with E-state index in [1.54, 1.807) is 12.1 Å². The highest BCUT2D eigenvalue weighted by molar-refractivity contribution is 7.48. The zero-order chi connectivity index (χ0) is 10.9. The van der Waals surface area contributed by atoms with Gasteiger partial charge < -0.3 is 0 Å². The monoisotopic (exact) mass is 219 g/mol. The summed E-state index contributed by atoms with van der Waals surface area (Å²) in [5, 5.41) is 16.3. The predicted molar refractivity (Wildman–Crippen MR) is 45.2 cm³/mol. The van der Waals surface area contributed by atoms with Gasteiger partial charge in [0.1, 0.15) is 0 Å². The van der Waals surface area contributed by atoms with Crippen molar-refractivity contribution in [2.75, 3.05) is 13.2 Å². The molecule has 0 saturated carbocycles. The van der Waals surface area contributed by atoms with E-state index in [1.807, 2.05) is 0 Å². The first kappa shape index (κ1) is 13.1. The summed E-state index contributed by atoms with van der Waals surface area (Å²) in [5.41, 5.74) is 0. The molecule has 0 aromatic rings. The molecule has 0 bridgehead atoms. The van der Waals surface area contributed by atoms with Crippen LogP contribution in [0.25, 0.3) is 0 Å². The fraction of sp³-hybridized carbons (Fsp3) is 0.667. The number of phosphoric acid groups is 1. The molecule has 2 N–H and O–H groups in total. The van der Waals surface area contributed by atoms with Crippen molar-refractivity contribution in [2.45, 2.75) is 12.8 Å². The van der Waals surface area contributed by atoms with E-state index in [2.05, 4.69) is 13.7 Å². The summed E-state index contributed by atoms with van der Waals surface area (Å²) in [6.07, 6.45) is 0.101. The van der Waals surface area contributed by atoms with E-state index in [0.717, 1.165) is 0 Å². The Bertz CT molecular complexity index is 258. The maximum atomic E-state index is 11.3. The van der Waals surface area contributed by atoms with Crippen molar-refractivity contribution < 1.29 is 18.2 Å². The second-order valence-electron chi connectivity index (χ2n) is 2.04. The highest BCUT2D eigenvalue weighted by atomic mass is 31.2. The van der Waals surface area contributed by atoms with Gasteiger partial charge in [-0.25, -0.2) is 15.1 Å². The van der Waals surface area contributed by atoms with Gasteiger partial charge in [-0.2, -0.15) is 10.5 Å². The fourth-order valence-electron chi connectivity index (χ4n) is 0.504. The van der Waals surface area contributed by atoms with Crippen LogP contribution in [0.1, 0.15) is 12.8 Å². The lowest BCUT2D eigenvalue weighted by Crippen LogP contribution is -2.05. The average Bonchev–Trinajstić information content (AvgIpc) is 2.19. The number of nitrogens with two attached hydrogens (primary N) is 1. The fourth-order valence-corrected chi connectivity index (χ4v) is 1.33. The van der Waals surface area contributed by atoms with Crippen molar-refractivity contribution in [1.29, 1.82) is 10.5 Å². The first-order valence-corrected chi connectivity index (χ1v) is 5.16. The maximum Gasteiger partial charge on any atom is 0.491 e. The topological polar surface area (TPSA) is 118 Å². The van der Waals surface area contributed by atoms with E-state index in [9.17, 15) is 4.57 Å². The lowest BCUT2D eigenvalue weighted by molar-refractivity contribution is 0.117. The van der Waals surface area contributed by atoms with E-state index < -0.39 is 7.82 Å². The number of rotatable bonds is 7. The van der Waals surface area contributed by atoms with Crippen molar-refractivity contribution >= 4 is 7.82 Å². The van der Waals surface area contributed by atoms with Gasteiger partial charge in [0, 0.05) is 0 Å². The predicted octanol–water partition coefficient (Wildman–Crippen LogP) is 0.845. The van der Waals surface area contributed by atoms with Gasteiger partial charge >= 0.3 is 7.82 Å². The van der Waals surface area contributed by atoms with Gasteiger partial charge in [-0.1, -0.05) is 0 Å². The molecule has 78 valence electrons. The van der Waals surface area contributed by atoms with Crippen LogP contribution >= 0.6 is 7.82 Å². The number of hydrogen-bond acceptors (Lipinski definition) is 7. The molecule has 0 saturated heterocycles. The van der Waals surface area contributed by atoms with E-state index in [0.29, 0.717) is 0 Å². The largest absolute Gasteiger partial charge is 0.491 e. The minimum absolute atomic E-state index is 0.0506. The molecule has 0 aromatic carbocycles. The summed E-state index contributed by atoms with van der Waals surface area (Å²) in [5.74, 6) is 4.69. The van der Waals surface area contributed by atoms with Crippen LogP contribution in [0.3, 0.4) is 0 Å². The van der Waals surface area contributed by atoms with Crippen LogP contribution in [0.4, 0.5) is 0 Å². The molecule has 0 heterocycles.